The third kappa shape index (κ3) is 5.46. The Morgan fingerprint density at radius 3 is 1.82 bits per heavy atom. The zero-order valence-electron chi connectivity index (χ0n) is 16.3. The van der Waals surface area contributed by atoms with Crippen molar-refractivity contribution in [2.24, 2.45) is 5.41 Å². The molecular formula is C21H22BrF5O. The van der Waals surface area contributed by atoms with Crippen LogP contribution in [0.4, 0.5) is 22.0 Å². The van der Waals surface area contributed by atoms with Gasteiger partial charge in [0.1, 0.15) is 5.75 Å². The first-order chi connectivity index (χ1) is 12.6. The third-order valence-electron chi connectivity index (χ3n) is 4.22. The number of ether oxygens (including phenoxy) is 1. The molecule has 0 fully saturated rings. The SMILES string of the molecule is CC(C)(C)CC(C)(C)c1ccc(Oc2c(F)cc(C(F)(F)F)cc2F)c(Br)c1. The van der Waals surface area contributed by atoms with Crippen molar-refractivity contribution in [1.29, 1.82) is 0 Å². The maximum atomic E-state index is 14.0. The highest BCUT2D eigenvalue weighted by Gasteiger charge is 2.33. The van der Waals surface area contributed by atoms with E-state index in [0.29, 0.717) is 4.47 Å². The molecule has 2 aromatic rings. The summed E-state index contributed by atoms with van der Waals surface area (Å²) in [5, 5.41) is 0. The molecular weight excluding hydrogens is 443 g/mol. The molecule has 0 saturated heterocycles. The van der Waals surface area contributed by atoms with Gasteiger partial charge in [-0.15, -0.1) is 0 Å². The molecule has 0 aliphatic heterocycles. The zero-order valence-corrected chi connectivity index (χ0v) is 17.9. The summed E-state index contributed by atoms with van der Waals surface area (Å²) in [7, 11) is 0. The molecule has 154 valence electrons. The number of halogens is 6. The van der Waals surface area contributed by atoms with Gasteiger partial charge in [0.15, 0.2) is 17.4 Å². The quantitative estimate of drug-likeness (QED) is 0.413. The molecule has 0 saturated carbocycles. The van der Waals surface area contributed by atoms with Gasteiger partial charge in [-0.1, -0.05) is 40.7 Å². The standard InChI is InChI=1S/C21H22BrF5O/c1-19(2,3)11-20(4,5)12-6-7-17(14(22)8-12)28-18-15(23)9-13(10-16(18)24)21(25,26)27/h6-10H,11H2,1-5H3. The Labute approximate surface area is 170 Å². The van der Waals surface area contributed by atoms with E-state index in [1.54, 1.807) is 18.2 Å². The lowest BCUT2D eigenvalue weighted by molar-refractivity contribution is -0.138. The summed E-state index contributed by atoms with van der Waals surface area (Å²) in [5.41, 5.74) is -0.481. The smallest absolute Gasteiger partial charge is 0.416 e. The Morgan fingerprint density at radius 2 is 1.39 bits per heavy atom. The van der Waals surface area contributed by atoms with E-state index in [2.05, 4.69) is 50.5 Å². The van der Waals surface area contributed by atoms with Gasteiger partial charge >= 0.3 is 6.18 Å². The van der Waals surface area contributed by atoms with Gasteiger partial charge in [0.2, 0.25) is 0 Å². The molecule has 28 heavy (non-hydrogen) atoms. The summed E-state index contributed by atoms with van der Waals surface area (Å²) in [6, 6.07) is 5.55. The Morgan fingerprint density at radius 1 is 0.857 bits per heavy atom. The summed E-state index contributed by atoms with van der Waals surface area (Å²) in [4.78, 5) is 0. The molecule has 0 aliphatic carbocycles. The van der Waals surface area contributed by atoms with Gasteiger partial charge in [-0.2, -0.15) is 13.2 Å². The van der Waals surface area contributed by atoms with Crippen molar-refractivity contribution in [2.45, 2.75) is 52.6 Å². The summed E-state index contributed by atoms with van der Waals surface area (Å²) in [6.45, 7) is 10.6. The topological polar surface area (TPSA) is 9.23 Å². The van der Waals surface area contributed by atoms with Gasteiger partial charge in [-0.25, -0.2) is 8.78 Å². The Balaban J connectivity index is 2.34. The highest BCUT2D eigenvalue weighted by atomic mass is 79.9. The van der Waals surface area contributed by atoms with Crippen LogP contribution in [0, 0.1) is 17.0 Å². The van der Waals surface area contributed by atoms with Gasteiger partial charge < -0.3 is 4.74 Å². The van der Waals surface area contributed by atoms with Gasteiger partial charge in [0, 0.05) is 0 Å². The van der Waals surface area contributed by atoms with Crippen molar-refractivity contribution in [3.05, 3.63) is 57.6 Å². The summed E-state index contributed by atoms with van der Waals surface area (Å²) in [5.74, 6) is -3.61. The molecule has 0 radical (unpaired) electrons. The van der Waals surface area contributed by atoms with Crippen LogP contribution < -0.4 is 4.74 Å². The minimum Gasteiger partial charge on any atom is -0.450 e. The average molecular weight is 465 g/mol. The first-order valence-corrected chi connectivity index (χ1v) is 9.43. The first kappa shape index (κ1) is 22.7. The molecule has 0 unspecified atom stereocenters. The second-order valence-corrected chi connectivity index (χ2v) is 9.49. The number of benzene rings is 2. The lowest BCUT2D eigenvalue weighted by Gasteiger charge is -2.33. The van der Waals surface area contributed by atoms with Gasteiger partial charge in [-0.05, 0) is 63.0 Å². The largest absolute Gasteiger partial charge is 0.450 e. The van der Waals surface area contributed by atoms with Gasteiger partial charge in [0.25, 0.3) is 0 Å². The van der Waals surface area contributed by atoms with E-state index in [9.17, 15) is 22.0 Å². The summed E-state index contributed by atoms with van der Waals surface area (Å²) in [6.07, 6.45) is -3.95. The van der Waals surface area contributed by atoms with E-state index in [1.165, 1.54) is 0 Å². The number of hydrogen-bond acceptors (Lipinski definition) is 1. The lowest BCUT2D eigenvalue weighted by Crippen LogP contribution is -2.24. The van der Waals surface area contributed by atoms with Gasteiger partial charge in [-0.3, -0.25) is 0 Å². The van der Waals surface area contributed by atoms with E-state index in [0.717, 1.165) is 12.0 Å². The fourth-order valence-corrected chi connectivity index (χ4v) is 3.82. The van der Waals surface area contributed by atoms with Crippen LogP contribution in [0.2, 0.25) is 0 Å². The molecule has 1 nitrogen and oxygen atoms in total. The fourth-order valence-electron chi connectivity index (χ4n) is 3.36. The molecule has 2 aromatic carbocycles. The van der Waals surface area contributed by atoms with Crippen LogP contribution >= 0.6 is 15.9 Å². The number of alkyl halides is 3. The lowest BCUT2D eigenvalue weighted by atomic mass is 9.72. The molecule has 0 aliphatic rings. The van der Waals surface area contributed by atoms with Crippen LogP contribution in [0.25, 0.3) is 0 Å². The van der Waals surface area contributed by atoms with Crippen LogP contribution in [-0.4, -0.2) is 0 Å². The maximum Gasteiger partial charge on any atom is 0.416 e. The van der Waals surface area contributed by atoms with Crippen molar-refractivity contribution < 1.29 is 26.7 Å². The van der Waals surface area contributed by atoms with Crippen LogP contribution in [0.1, 0.15) is 52.2 Å². The molecule has 2 rings (SSSR count). The molecule has 0 N–H and O–H groups in total. The normalized spacial score (nSPS) is 13.0. The molecule has 0 amide bonds. The minimum absolute atomic E-state index is 0.0949. The van der Waals surface area contributed by atoms with E-state index in [4.69, 9.17) is 4.74 Å². The molecule has 7 heteroatoms. The second-order valence-electron chi connectivity index (χ2n) is 8.64. The summed E-state index contributed by atoms with van der Waals surface area (Å²) < 4.78 is 71.7. The molecule has 0 heterocycles. The molecule has 0 atom stereocenters. The van der Waals surface area contributed by atoms with Crippen LogP contribution in [0.15, 0.2) is 34.8 Å². The summed E-state index contributed by atoms with van der Waals surface area (Å²) >= 11 is 3.32. The van der Waals surface area contributed by atoms with Crippen LogP contribution in [0.5, 0.6) is 11.5 Å². The molecule has 0 spiro atoms. The molecule has 0 bridgehead atoms. The maximum absolute atomic E-state index is 14.0. The van der Waals surface area contributed by atoms with E-state index < -0.39 is 29.1 Å². The first-order valence-electron chi connectivity index (χ1n) is 8.64. The van der Waals surface area contributed by atoms with E-state index >= 15 is 0 Å². The predicted molar refractivity (Wildman–Crippen MR) is 103 cm³/mol. The Kier molecular flexibility index (Phi) is 6.19. The Hall–Kier alpha value is -1.63. The second kappa shape index (κ2) is 7.65. The predicted octanol–water partition coefficient (Wildman–Crippen LogP) is 8.25. The third-order valence-corrected chi connectivity index (χ3v) is 4.84. The van der Waals surface area contributed by atoms with E-state index in [1.807, 2.05) is 0 Å². The average Bonchev–Trinajstić information content (AvgIpc) is 2.48. The zero-order chi connectivity index (χ0) is 21.5. The number of rotatable bonds is 4. The number of hydrogen-bond donors (Lipinski definition) is 0. The fraction of sp³-hybridized carbons (Fsp3) is 0.429. The molecule has 0 aromatic heterocycles. The van der Waals surface area contributed by atoms with Crippen molar-refractivity contribution in [3.63, 3.8) is 0 Å². The van der Waals surface area contributed by atoms with Gasteiger partial charge in [0.05, 0.1) is 10.0 Å². The van der Waals surface area contributed by atoms with E-state index in [-0.39, 0.29) is 28.7 Å². The van der Waals surface area contributed by atoms with Crippen molar-refractivity contribution in [3.8, 4) is 11.5 Å². The Bertz CT molecular complexity index is 843. The monoisotopic (exact) mass is 464 g/mol. The van der Waals surface area contributed by atoms with Crippen LogP contribution in [-0.2, 0) is 11.6 Å². The van der Waals surface area contributed by atoms with Crippen LogP contribution in [0.3, 0.4) is 0 Å². The highest BCUT2D eigenvalue weighted by molar-refractivity contribution is 9.10. The minimum atomic E-state index is -4.85. The van der Waals surface area contributed by atoms with Crippen molar-refractivity contribution in [1.82, 2.24) is 0 Å². The van der Waals surface area contributed by atoms with Crippen molar-refractivity contribution >= 4 is 15.9 Å². The van der Waals surface area contributed by atoms with Crippen molar-refractivity contribution in [2.75, 3.05) is 0 Å². The highest BCUT2D eigenvalue weighted by Crippen LogP contribution is 2.41.